The van der Waals surface area contributed by atoms with Gasteiger partial charge < -0.3 is 19.5 Å². The van der Waals surface area contributed by atoms with E-state index in [0.29, 0.717) is 43.1 Å². The van der Waals surface area contributed by atoms with Crippen molar-refractivity contribution in [1.29, 1.82) is 0 Å². The van der Waals surface area contributed by atoms with E-state index in [4.69, 9.17) is 9.15 Å². The Hall–Kier alpha value is -4.24. The molecule has 0 aliphatic heterocycles. The number of fused-ring (bicyclic) bond motifs is 2. The van der Waals surface area contributed by atoms with Crippen LogP contribution < -0.4 is 21.2 Å². The Bertz CT molecular complexity index is 1650. The summed E-state index contributed by atoms with van der Waals surface area (Å²) in [5.74, 6) is 0.165. The highest BCUT2D eigenvalue weighted by molar-refractivity contribution is 7.20. The molecular weight excluding hydrogens is 442 g/mol. The number of thiophene rings is 1. The Labute approximate surface area is 190 Å². The van der Waals surface area contributed by atoms with E-state index in [1.807, 2.05) is 18.2 Å². The third kappa shape index (κ3) is 3.58. The molecule has 3 heterocycles. The zero-order valence-electron chi connectivity index (χ0n) is 17.6. The van der Waals surface area contributed by atoms with E-state index in [2.05, 4.69) is 15.3 Å². The zero-order valence-corrected chi connectivity index (χ0v) is 18.4. The Morgan fingerprint density at radius 2 is 1.91 bits per heavy atom. The van der Waals surface area contributed by atoms with Gasteiger partial charge in [0.1, 0.15) is 16.2 Å². The number of H-pyrrole nitrogens is 1. The van der Waals surface area contributed by atoms with Gasteiger partial charge in [0, 0.05) is 11.1 Å². The number of nitrogens with zero attached hydrogens (tertiary/aromatic N) is 1. The Balaban J connectivity index is 1.62. The number of aromatic amines is 1. The van der Waals surface area contributed by atoms with Crippen LogP contribution in [-0.4, -0.2) is 23.0 Å². The average Bonchev–Trinajstić information content (AvgIpc) is 3.15. The number of methoxy groups -OCH3 is 1. The summed E-state index contributed by atoms with van der Waals surface area (Å²) in [4.78, 5) is 46.3. The Morgan fingerprint density at radius 3 is 2.67 bits per heavy atom. The first-order chi connectivity index (χ1) is 16.0. The highest BCUT2D eigenvalue weighted by Crippen LogP contribution is 2.30. The maximum absolute atomic E-state index is 12.9. The van der Waals surface area contributed by atoms with Gasteiger partial charge in [-0.3, -0.25) is 9.59 Å². The molecule has 0 spiro atoms. The number of carbonyl (C=O) groups is 1. The van der Waals surface area contributed by atoms with Crippen molar-refractivity contribution in [2.45, 2.75) is 6.92 Å². The lowest BCUT2D eigenvalue weighted by Crippen LogP contribution is -2.14. The van der Waals surface area contributed by atoms with E-state index >= 15 is 0 Å². The van der Waals surface area contributed by atoms with Crippen LogP contribution in [0.15, 0.2) is 68.6 Å². The highest BCUT2D eigenvalue weighted by Gasteiger charge is 2.21. The van der Waals surface area contributed by atoms with Gasteiger partial charge in [0.15, 0.2) is 11.3 Å². The molecule has 0 aliphatic rings. The normalized spacial score (nSPS) is 11.1. The third-order valence-corrected chi connectivity index (χ3v) is 6.42. The minimum Gasteiger partial charge on any atom is -0.493 e. The number of hydrogen-bond acceptors (Lipinski definition) is 7. The molecule has 164 valence electrons. The van der Waals surface area contributed by atoms with Crippen LogP contribution in [0.5, 0.6) is 5.75 Å². The van der Waals surface area contributed by atoms with Crippen molar-refractivity contribution in [2.75, 3.05) is 12.4 Å². The number of ether oxygens (including phenoxy) is 1. The molecule has 2 aromatic carbocycles. The van der Waals surface area contributed by atoms with Crippen molar-refractivity contribution in [3.8, 4) is 17.1 Å². The molecule has 1 amide bonds. The summed E-state index contributed by atoms with van der Waals surface area (Å²) in [6.45, 7) is 1.70. The average molecular weight is 459 g/mol. The van der Waals surface area contributed by atoms with Gasteiger partial charge in [0.25, 0.3) is 11.5 Å². The lowest BCUT2D eigenvalue weighted by Gasteiger charge is -2.05. The van der Waals surface area contributed by atoms with Crippen molar-refractivity contribution in [2.24, 2.45) is 0 Å². The third-order valence-electron chi connectivity index (χ3n) is 5.24. The molecule has 0 unspecified atom stereocenters. The number of carbonyl (C=O) groups excluding carboxylic acids is 1. The van der Waals surface area contributed by atoms with Crippen LogP contribution in [0, 0.1) is 6.92 Å². The summed E-state index contributed by atoms with van der Waals surface area (Å²) < 4.78 is 10.7. The number of anilines is 1. The van der Waals surface area contributed by atoms with Gasteiger partial charge in [-0.1, -0.05) is 30.3 Å². The predicted octanol–water partition coefficient (Wildman–Crippen LogP) is 4.33. The van der Waals surface area contributed by atoms with E-state index in [1.54, 1.807) is 43.3 Å². The van der Waals surface area contributed by atoms with Crippen molar-refractivity contribution >= 4 is 44.1 Å². The number of para-hydroxylation sites is 2. The molecule has 8 nitrogen and oxygen atoms in total. The fraction of sp³-hybridized carbons (Fsp3) is 0.0833. The number of benzene rings is 2. The van der Waals surface area contributed by atoms with Crippen LogP contribution >= 0.6 is 11.3 Å². The van der Waals surface area contributed by atoms with Crippen LogP contribution in [0.3, 0.4) is 0 Å². The zero-order chi connectivity index (χ0) is 23.1. The quantitative estimate of drug-likeness (QED) is 0.387. The summed E-state index contributed by atoms with van der Waals surface area (Å²) >= 11 is 1.09. The van der Waals surface area contributed by atoms with E-state index in [-0.39, 0.29) is 17.3 Å². The van der Waals surface area contributed by atoms with Gasteiger partial charge in [-0.25, -0.2) is 9.78 Å². The number of nitrogens with one attached hydrogen (secondary N) is 2. The van der Waals surface area contributed by atoms with Crippen molar-refractivity contribution in [3.05, 3.63) is 85.8 Å². The van der Waals surface area contributed by atoms with E-state index in [9.17, 15) is 14.4 Å². The molecule has 5 rings (SSSR count). The molecule has 5 aromatic rings. The summed E-state index contributed by atoms with van der Waals surface area (Å²) in [6.07, 6.45) is 0. The smallest absolute Gasteiger partial charge is 0.347 e. The Kier molecular flexibility index (Phi) is 5.02. The molecule has 2 N–H and O–H groups in total. The monoisotopic (exact) mass is 459 g/mol. The fourth-order valence-electron chi connectivity index (χ4n) is 3.64. The van der Waals surface area contributed by atoms with Crippen molar-refractivity contribution in [1.82, 2.24) is 9.97 Å². The Morgan fingerprint density at radius 1 is 1.12 bits per heavy atom. The molecule has 0 bridgehead atoms. The molecule has 0 saturated carbocycles. The molecular formula is C24H17N3O5S. The van der Waals surface area contributed by atoms with Crippen LogP contribution in [0.4, 0.5) is 5.69 Å². The summed E-state index contributed by atoms with van der Waals surface area (Å²) in [6, 6.07) is 15.9. The van der Waals surface area contributed by atoms with Crippen molar-refractivity contribution in [3.63, 3.8) is 0 Å². The summed E-state index contributed by atoms with van der Waals surface area (Å²) in [5, 5.41) is 3.76. The lowest BCUT2D eigenvalue weighted by atomic mass is 10.1. The van der Waals surface area contributed by atoms with Crippen molar-refractivity contribution < 1.29 is 13.9 Å². The molecule has 3 aromatic heterocycles. The standard InChI is InChI=1S/C24H17N3O5S/c1-12-17-21(28)26-20(15-11-13-7-6-10-16(31-2)18(13)32-24(15)30)27-23(17)33-19(12)22(29)25-14-8-4-3-5-9-14/h3-11H,1-2H3,(H,25,29)(H,26,27,28). The minimum atomic E-state index is -0.662. The van der Waals surface area contributed by atoms with Gasteiger partial charge in [0.2, 0.25) is 0 Å². The summed E-state index contributed by atoms with van der Waals surface area (Å²) in [5.41, 5.74) is 0.489. The second-order valence-electron chi connectivity index (χ2n) is 7.30. The fourth-order valence-corrected chi connectivity index (χ4v) is 4.72. The van der Waals surface area contributed by atoms with Gasteiger partial charge in [-0.2, -0.15) is 0 Å². The van der Waals surface area contributed by atoms with Crippen LogP contribution in [-0.2, 0) is 0 Å². The molecule has 0 radical (unpaired) electrons. The first-order valence-corrected chi connectivity index (χ1v) is 10.8. The van der Waals surface area contributed by atoms with Crippen LogP contribution in [0.2, 0.25) is 0 Å². The highest BCUT2D eigenvalue weighted by atomic mass is 32.1. The molecule has 0 fully saturated rings. The first-order valence-electron chi connectivity index (χ1n) is 9.97. The van der Waals surface area contributed by atoms with Gasteiger partial charge >= 0.3 is 5.63 Å². The van der Waals surface area contributed by atoms with E-state index in [0.717, 1.165) is 11.3 Å². The second-order valence-corrected chi connectivity index (χ2v) is 8.30. The maximum atomic E-state index is 12.9. The number of aryl methyl sites for hydroxylation is 1. The van der Waals surface area contributed by atoms with Crippen LogP contribution in [0.25, 0.3) is 32.6 Å². The molecule has 0 aliphatic carbocycles. The first kappa shape index (κ1) is 20.7. The van der Waals surface area contributed by atoms with Gasteiger partial charge in [-0.15, -0.1) is 11.3 Å². The van der Waals surface area contributed by atoms with Gasteiger partial charge in [-0.05, 0) is 36.8 Å². The molecule has 0 atom stereocenters. The van der Waals surface area contributed by atoms with Crippen LogP contribution in [0.1, 0.15) is 15.2 Å². The van der Waals surface area contributed by atoms with E-state index in [1.165, 1.54) is 7.11 Å². The van der Waals surface area contributed by atoms with Gasteiger partial charge in [0.05, 0.1) is 17.4 Å². The SMILES string of the molecule is COc1cccc2cc(-c3nc4sc(C(=O)Nc5ccccc5)c(C)c4c(=O)[nH]3)c(=O)oc12. The number of amides is 1. The predicted molar refractivity (Wildman–Crippen MR) is 127 cm³/mol. The minimum absolute atomic E-state index is 0.0715. The number of rotatable bonds is 4. The topological polar surface area (TPSA) is 114 Å². The lowest BCUT2D eigenvalue weighted by molar-refractivity contribution is 0.103. The second kappa shape index (κ2) is 8.03. The number of hydrogen-bond donors (Lipinski definition) is 2. The number of aromatic nitrogens is 2. The summed E-state index contributed by atoms with van der Waals surface area (Å²) in [7, 11) is 1.49. The molecule has 0 saturated heterocycles. The maximum Gasteiger partial charge on any atom is 0.347 e. The largest absolute Gasteiger partial charge is 0.493 e. The molecule has 9 heteroatoms. The molecule has 33 heavy (non-hydrogen) atoms. The van der Waals surface area contributed by atoms with E-state index < -0.39 is 11.2 Å².